The first-order chi connectivity index (χ1) is 69.4. The Labute approximate surface area is 870 Å². The van der Waals surface area contributed by atoms with Crippen molar-refractivity contribution in [2.24, 2.45) is 0 Å². The minimum Gasteiger partial charge on any atom is -0.503 e. The molecule has 0 fully saturated rings. The van der Waals surface area contributed by atoms with Gasteiger partial charge in [0.1, 0.15) is 5.82 Å². The average Bonchev–Trinajstić information content (AvgIpc) is 1.59. The van der Waals surface area contributed by atoms with Gasteiger partial charge < -0.3 is 48.3 Å². The summed E-state index contributed by atoms with van der Waals surface area (Å²) >= 11 is 0. The van der Waals surface area contributed by atoms with E-state index in [0.29, 0.717) is 11.5 Å². The molecule has 0 amide bonds. The van der Waals surface area contributed by atoms with Crippen LogP contribution in [0.5, 0.6) is 11.5 Å². The molecule has 1 radical (unpaired) electrons. The van der Waals surface area contributed by atoms with Crippen molar-refractivity contribution in [1.82, 2.24) is 48.6 Å². The molecule has 0 aliphatic rings. The van der Waals surface area contributed by atoms with E-state index >= 15 is 0 Å². The Morgan fingerprint density at radius 3 is 1.03 bits per heavy atom. The first-order valence-electron chi connectivity index (χ1n) is 46.3. The van der Waals surface area contributed by atoms with E-state index < -0.39 is 0 Å². The van der Waals surface area contributed by atoms with E-state index in [9.17, 15) is 0 Å². The SMILES string of the molecule is [Ir+3].[Ir].[Pt+2].[c-]1ccc(-c2ccc3c(c2)c2ccccc2n3-c2cccc(-c3cccc(-n4c5ccccc5c5cc(-c6ccc7ccnc(-c8[c-]c(Oc9[c-]c%10c(cc9)c9ccccc9n%10-c9ccccn9)ccc8)c7c6)ccc54)c3)c2)cc1-c1ccccn1.[c-]1ccc(-c2cccc(-c3cc[c-]c(-c4ccccn4)c3)c2)cc1-c1ccccn1.[c-]1ccccc1-c1ccccn1.[c-]1ccccc1-c1ccccn1. The molecule has 11 nitrogen and oxygen atoms in total. The third-order valence-corrected chi connectivity index (χ3v) is 25.1. The molecule has 16 aromatic carbocycles. The van der Waals surface area contributed by atoms with E-state index in [4.69, 9.17) is 14.7 Å². The van der Waals surface area contributed by atoms with E-state index in [1.54, 1.807) is 12.4 Å². The van der Waals surface area contributed by atoms with E-state index in [1.165, 1.54) is 21.5 Å². The van der Waals surface area contributed by atoms with Crippen molar-refractivity contribution in [2.75, 3.05) is 0 Å². The second-order valence-electron chi connectivity index (χ2n) is 33.7. The standard InChI is InChI=1S/C79H47N6O.C28H18N2.2C11H8N.2Ir.Pt/c1-6-29-74-64(23-1)67-36-35-63(50-77(67)85(74)78-30-8-10-41-81-78)86-62-22-14-19-59(46-62)79-68-47-55(32-31-51(68)39-42-82-79)57-34-38-76-70(49-57)66-25-3-5-28-73(66)84(76)61-21-13-17-54(45-61)53-16-12-20-60(44-53)83-72-27-4-2-24-65(72)69-48-56(33-37-75(69)83)52-15-11-18-58(43-52)71-26-7-9-40-80-71;1-3-16-29-27(14-1)25-12-6-10-23(19-25)21-8-5-9-22(18-21)24-11-7-13-26(20-24)28-15-2-4-17-30-28;2*1-2-6-10(7-3-1)11-8-4-5-9-12-11;;;/h1-17,19-45,47-49H;1-11,14-20H;2*1-6,8-9H;;;/q-3;-2;2*-1;;+3;+2. The fourth-order valence-electron chi connectivity index (χ4n) is 18.5. The van der Waals surface area contributed by atoms with Crippen LogP contribution in [0.15, 0.2) is 492 Å². The molecule has 0 unspecified atom stereocenters. The summed E-state index contributed by atoms with van der Waals surface area (Å²) in [5.74, 6) is 1.98. The largest absolute Gasteiger partial charge is 3.00 e. The summed E-state index contributed by atoms with van der Waals surface area (Å²) in [4.78, 5) is 31.6. The molecule has 14 heteroatoms. The topological polar surface area (TPSA) is 114 Å². The van der Waals surface area contributed by atoms with Crippen LogP contribution in [0.3, 0.4) is 0 Å². The second kappa shape index (κ2) is 43.2. The Morgan fingerprint density at radius 2 is 0.573 bits per heavy atom. The van der Waals surface area contributed by atoms with Crippen LogP contribution in [0.4, 0.5) is 0 Å². The summed E-state index contributed by atoms with van der Waals surface area (Å²) in [6.07, 6.45) is 12.7. The number of fused-ring (bicyclic) bond motifs is 10. The molecule has 0 atom stereocenters. The van der Waals surface area contributed by atoms with Gasteiger partial charge in [0.25, 0.3) is 0 Å². The summed E-state index contributed by atoms with van der Waals surface area (Å²) in [7, 11) is 0. The van der Waals surface area contributed by atoms with Crippen LogP contribution in [0.1, 0.15) is 0 Å². The summed E-state index contributed by atoms with van der Waals surface area (Å²) in [5.41, 5.74) is 31.5. The normalized spacial score (nSPS) is 10.9. The van der Waals surface area contributed by atoms with Crippen molar-refractivity contribution in [3.05, 3.63) is 535 Å². The number of benzene rings is 16. The van der Waals surface area contributed by atoms with Gasteiger partial charge in [-0.3, -0.25) is 0 Å². The van der Waals surface area contributed by atoms with Crippen molar-refractivity contribution >= 4 is 76.2 Å². The predicted octanol–water partition coefficient (Wildman–Crippen LogP) is 31.7. The molecule has 0 bridgehead atoms. The molecule has 0 saturated carbocycles. The van der Waals surface area contributed by atoms with Gasteiger partial charge in [-0.2, -0.15) is 6.07 Å². The Kier molecular flexibility index (Phi) is 28.3. The zero-order valence-electron chi connectivity index (χ0n) is 76.6. The van der Waals surface area contributed by atoms with Gasteiger partial charge in [-0.15, -0.1) is 219 Å². The van der Waals surface area contributed by atoms with Gasteiger partial charge in [-0.25, -0.2) is 4.98 Å². The fourth-order valence-corrected chi connectivity index (χ4v) is 18.5. The average molecular weight is 2370 g/mol. The van der Waals surface area contributed by atoms with E-state index in [2.05, 4.69) is 330 Å². The van der Waals surface area contributed by atoms with Gasteiger partial charge in [0.15, 0.2) is 0 Å². The zero-order chi connectivity index (χ0) is 93.3. The van der Waals surface area contributed by atoms with Gasteiger partial charge in [0, 0.05) is 113 Å². The summed E-state index contributed by atoms with van der Waals surface area (Å²) in [5, 5.41) is 9.10. The van der Waals surface area contributed by atoms with Crippen molar-refractivity contribution in [2.45, 2.75) is 0 Å². The summed E-state index contributed by atoms with van der Waals surface area (Å²) in [6.45, 7) is 0. The molecular formula is C129H81Ir2N10OPt-2. The van der Waals surface area contributed by atoms with Gasteiger partial charge in [-0.05, 0) is 211 Å². The maximum absolute atomic E-state index is 6.57. The molecule has 10 heterocycles. The molecular weight excluding hydrogens is 2280 g/mol. The molecule has 0 saturated heterocycles. The van der Waals surface area contributed by atoms with Crippen LogP contribution in [-0.2, 0) is 61.3 Å². The Balaban J connectivity index is 0.000000177. The van der Waals surface area contributed by atoms with E-state index in [1.807, 2.05) is 231 Å². The molecule has 10 aromatic heterocycles. The van der Waals surface area contributed by atoms with Crippen molar-refractivity contribution in [3.8, 4) is 152 Å². The fraction of sp³-hybridized carbons (Fsp3) is 0. The zero-order valence-corrected chi connectivity index (χ0v) is 83.7. The third kappa shape index (κ3) is 19.9. The van der Waals surface area contributed by atoms with Crippen LogP contribution < -0.4 is 4.74 Å². The molecule has 0 N–H and O–H groups in total. The van der Waals surface area contributed by atoms with Gasteiger partial charge in [-0.1, -0.05) is 206 Å². The number of para-hydroxylation sites is 3. The quantitative estimate of drug-likeness (QED) is 0.0879. The predicted molar refractivity (Wildman–Crippen MR) is 569 cm³/mol. The van der Waals surface area contributed by atoms with Gasteiger partial charge in [0.2, 0.25) is 0 Å². The summed E-state index contributed by atoms with van der Waals surface area (Å²) < 4.78 is 13.5. The minimum absolute atomic E-state index is 0. The van der Waals surface area contributed by atoms with Crippen LogP contribution in [-0.4, -0.2) is 48.6 Å². The van der Waals surface area contributed by atoms with Crippen molar-refractivity contribution < 1.29 is 66.0 Å². The number of hydrogen-bond acceptors (Lipinski definition) is 8. The molecule has 0 spiro atoms. The van der Waals surface area contributed by atoms with E-state index in [-0.39, 0.29) is 61.3 Å². The van der Waals surface area contributed by atoms with E-state index in [0.717, 1.165) is 195 Å². The molecule has 143 heavy (non-hydrogen) atoms. The third-order valence-electron chi connectivity index (χ3n) is 25.1. The van der Waals surface area contributed by atoms with Crippen molar-refractivity contribution in [1.29, 1.82) is 0 Å². The van der Waals surface area contributed by atoms with Gasteiger partial charge in [0.05, 0.1) is 22.1 Å². The molecule has 26 aromatic rings. The first kappa shape index (κ1) is 93.7. The first-order valence-corrected chi connectivity index (χ1v) is 46.3. The number of hydrogen-bond donors (Lipinski definition) is 0. The Hall–Kier alpha value is -17.0. The maximum atomic E-state index is 6.57. The summed E-state index contributed by atoms with van der Waals surface area (Å²) in [6, 6.07) is 178. The van der Waals surface area contributed by atoms with Gasteiger partial charge >= 0.3 is 41.2 Å². The second-order valence-corrected chi connectivity index (χ2v) is 33.7. The minimum atomic E-state index is 0. The molecule has 0 aliphatic carbocycles. The van der Waals surface area contributed by atoms with Crippen LogP contribution >= 0.6 is 0 Å². The number of rotatable bonds is 16. The maximum Gasteiger partial charge on any atom is 3.00 e. The number of pyridine rings is 7. The van der Waals surface area contributed by atoms with Crippen LogP contribution in [0.2, 0.25) is 0 Å². The monoisotopic (exact) mass is 2370 g/mol. The van der Waals surface area contributed by atoms with Crippen LogP contribution in [0, 0.1) is 42.5 Å². The number of nitrogens with zero attached hydrogens (tertiary/aromatic N) is 10. The Bertz CT molecular complexity index is 8720. The molecule has 0 aliphatic heterocycles. The number of ether oxygens (including phenoxy) is 1. The van der Waals surface area contributed by atoms with Crippen LogP contribution in [0.25, 0.3) is 217 Å². The number of aromatic nitrogens is 10. The van der Waals surface area contributed by atoms with Crippen molar-refractivity contribution in [3.63, 3.8) is 0 Å². The smallest absolute Gasteiger partial charge is 0.503 e. The Morgan fingerprint density at radius 1 is 0.210 bits per heavy atom. The molecule has 26 rings (SSSR count). The molecule has 683 valence electrons.